The Morgan fingerprint density at radius 3 is 2.29 bits per heavy atom. The van der Waals surface area contributed by atoms with Crippen molar-refractivity contribution in [3.8, 4) is 0 Å². The maximum Gasteiger partial charge on any atom is 0.311 e. The molecular weight excluding hydrogens is 626 g/mol. The van der Waals surface area contributed by atoms with Gasteiger partial charge in [-0.1, -0.05) is 27.7 Å². The summed E-state index contributed by atoms with van der Waals surface area (Å²) in [7, 11) is 1.52. The summed E-state index contributed by atoms with van der Waals surface area (Å²) in [6, 6.07) is -0.565. The second-order valence-electron chi connectivity index (χ2n) is 15.9. The molecule has 0 aliphatic carbocycles. The summed E-state index contributed by atoms with van der Waals surface area (Å²) in [5.74, 6) is -2.74. The van der Waals surface area contributed by atoms with E-state index in [0.29, 0.717) is 12.8 Å². The van der Waals surface area contributed by atoms with Crippen LogP contribution in [0.3, 0.4) is 0 Å². The number of hydrogen-bond acceptors (Lipinski definition) is 13. The first kappa shape index (κ1) is 39.8. The Morgan fingerprint density at radius 2 is 1.69 bits per heavy atom. The Morgan fingerprint density at radius 1 is 1.04 bits per heavy atom. The van der Waals surface area contributed by atoms with Gasteiger partial charge in [0.1, 0.15) is 23.9 Å². The number of ether oxygens (including phenoxy) is 7. The molecule has 0 radical (unpaired) electrons. The molecule has 19 atom stereocenters. The number of nitrogens with two attached hydrogens (primary N) is 1. The van der Waals surface area contributed by atoms with Crippen LogP contribution < -0.4 is 5.73 Å². The van der Waals surface area contributed by atoms with Gasteiger partial charge >= 0.3 is 5.97 Å². The maximum atomic E-state index is 14.2. The molecule has 4 aliphatic rings. The highest BCUT2D eigenvalue weighted by molar-refractivity contribution is 5.73. The van der Waals surface area contributed by atoms with Gasteiger partial charge in [0.25, 0.3) is 0 Å². The van der Waals surface area contributed by atoms with Crippen LogP contribution in [0.25, 0.3) is 0 Å². The van der Waals surface area contributed by atoms with Gasteiger partial charge in [0.2, 0.25) is 0 Å². The zero-order valence-electron chi connectivity index (χ0n) is 30.7. The van der Waals surface area contributed by atoms with E-state index in [1.807, 2.05) is 34.6 Å². The van der Waals surface area contributed by atoms with Gasteiger partial charge in [0, 0.05) is 31.4 Å². The fraction of sp³-hybridized carbons (Fsp3) is 0.971. The summed E-state index contributed by atoms with van der Waals surface area (Å²) in [6.07, 6.45) is -7.92. The normalized spacial score (nSPS) is 51.0. The van der Waals surface area contributed by atoms with E-state index in [4.69, 9.17) is 38.9 Å². The average molecular weight is 690 g/mol. The van der Waals surface area contributed by atoms with E-state index >= 15 is 0 Å². The molecule has 4 heterocycles. The lowest BCUT2D eigenvalue weighted by molar-refractivity contribution is -0.315. The summed E-state index contributed by atoms with van der Waals surface area (Å²) < 4.78 is 44.5. The van der Waals surface area contributed by atoms with Gasteiger partial charge < -0.3 is 59.3 Å². The number of carbonyl (C=O) groups excluding carboxylic acids is 1. The van der Waals surface area contributed by atoms with Crippen molar-refractivity contribution in [2.24, 2.45) is 29.4 Å². The molecule has 13 nitrogen and oxygen atoms in total. The molecule has 0 amide bonds. The predicted octanol–water partition coefficient (Wildman–Crippen LogP) is 2.02. The monoisotopic (exact) mass is 689 g/mol. The van der Waals surface area contributed by atoms with Gasteiger partial charge in [-0.2, -0.15) is 0 Å². The average Bonchev–Trinajstić information content (AvgIpc) is 3.34. The van der Waals surface area contributed by atoms with Crippen molar-refractivity contribution in [2.45, 2.75) is 185 Å². The molecule has 0 aromatic heterocycles. The van der Waals surface area contributed by atoms with E-state index in [9.17, 15) is 25.2 Å². The van der Waals surface area contributed by atoms with Gasteiger partial charge in [-0.15, -0.1) is 0 Å². The summed E-state index contributed by atoms with van der Waals surface area (Å²) in [6.45, 7) is 18.1. The van der Waals surface area contributed by atoms with E-state index < -0.39 is 108 Å². The topological polar surface area (TPSA) is 189 Å². The first-order chi connectivity index (χ1) is 22.2. The van der Waals surface area contributed by atoms with Crippen LogP contribution in [0, 0.1) is 23.7 Å². The molecule has 4 fully saturated rings. The molecule has 6 N–H and O–H groups in total. The van der Waals surface area contributed by atoms with Gasteiger partial charge in [-0.3, -0.25) is 4.79 Å². The largest absolute Gasteiger partial charge is 0.459 e. The van der Waals surface area contributed by atoms with Crippen LogP contribution in [0.2, 0.25) is 0 Å². The second-order valence-corrected chi connectivity index (χ2v) is 15.9. The number of esters is 1. The molecule has 13 heteroatoms. The van der Waals surface area contributed by atoms with Crippen LogP contribution in [-0.2, 0) is 38.0 Å². The quantitative estimate of drug-likeness (QED) is 0.233. The zero-order chi connectivity index (χ0) is 36.1. The number of cyclic esters (lactones) is 1. The summed E-state index contributed by atoms with van der Waals surface area (Å²) >= 11 is 0. The highest BCUT2D eigenvalue weighted by Crippen LogP contribution is 2.48. The Bertz CT molecular complexity index is 1100. The summed E-state index contributed by atoms with van der Waals surface area (Å²) in [4.78, 5) is 14.2. The van der Waals surface area contributed by atoms with Crippen LogP contribution in [0.5, 0.6) is 0 Å². The SMILES string of the molecule is CC[C@@H](O)[C@@](C)(O)[C@@H]1OC(=O)[C@H](C)[C@@H](O[C@H]2CC(C)(OC)[C@@H](O)C(C)O2)[C@H](C)[C@@H](O[C@@H]2OC(C)CC(N)C2O)[C@@]2(C)CC(C)C(O2)[C@@H]1C. The maximum absolute atomic E-state index is 14.2. The van der Waals surface area contributed by atoms with Crippen LogP contribution in [0.15, 0.2) is 0 Å². The van der Waals surface area contributed by atoms with Gasteiger partial charge in [0.05, 0.1) is 53.7 Å². The van der Waals surface area contributed by atoms with E-state index in [0.717, 1.165) is 0 Å². The molecule has 0 spiro atoms. The van der Waals surface area contributed by atoms with Crippen molar-refractivity contribution in [3.05, 3.63) is 0 Å². The number of hydrogen-bond donors (Lipinski definition) is 5. The Hall–Kier alpha value is -0.970. The highest BCUT2D eigenvalue weighted by Gasteiger charge is 2.58. The number of aliphatic hydroxyl groups is 4. The lowest BCUT2D eigenvalue weighted by atomic mass is 9.76. The van der Waals surface area contributed by atoms with Crippen molar-refractivity contribution < 1.29 is 58.4 Å². The van der Waals surface area contributed by atoms with Crippen LogP contribution in [0.1, 0.15) is 94.9 Å². The Kier molecular flexibility index (Phi) is 12.4. The predicted molar refractivity (Wildman–Crippen MR) is 174 cm³/mol. The Labute approximate surface area is 286 Å². The second kappa shape index (κ2) is 14.9. The third kappa shape index (κ3) is 7.62. The van der Waals surface area contributed by atoms with Gasteiger partial charge in [0.15, 0.2) is 12.6 Å². The molecular formula is C35H63NO12. The standard InChI is InChI=1S/C35H63NO12/c1-12-23(37)35(10,41)30-18(4)26-16(2)14-34(9,48-26)29(47-32-25(38)22(36)13-17(3)43-32)19(5)27(20(6)31(40)46-30)45-24-15-33(8,42-11)28(39)21(7)44-24/h16-30,32,37-39,41H,12-15,36H2,1-11H3/t16?,17?,18-,19-,20+,21?,22?,23+,24-,25?,26?,27-,28-,29+,30+,32-,33?,34+,35+/m0/s1. The number of rotatable bonds is 8. The molecule has 4 aliphatic heterocycles. The smallest absolute Gasteiger partial charge is 0.311 e. The van der Waals surface area contributed by atoms with Crippen LogP contribution in [0.4, 0.5) is 0 Å². The molecule has 280 valence electrons. The number of fused-ring (bicyclic) bond motifs is 2. The molecule has 0 aromatic carbocycles. The molecule has 2 bridgehead atoms. The van der Waals surface area contributed by atoms with Crippen LogP contribution >= 0.6 is 0 Å². The molecule has 0 aromatic rings. The first-order valence-electron chi connectivity index (χ1n) is 17.8. The molecule has 0 saturated carbocycles. The fourth-order valence-electron chi connectivity index (χ4n) is 8.75. The van der Waals surface area contributed by atoms with E-state index in [1.54, 1.807) is 27.7 Å². The van der Waals surface area contributed by atoms with E-state index in [1.165, 1.54) is 14.0 Å². The number of carbonyl (C=O) groups is 1. The van der Waals surface area contributed by atoms with Crippen LogP contribution in [-0.4, -0.2) is 124 Å². The van der Waals surface area contributed by atoms with Crippen molar-refractivity contribution in [1.82, 2.24) is 0 Å². The van der Waals surface area contributed by atoms with E-state index in [2.05, 4.69) is 0 Å². The molecule has 4 saturated heterocycles. The molecule has 48 heavy (non-hydrogen) atoms. The summed E-state index contributed by atoms with van der Waals surface area (Å²) in [5.41, 5.74) is 2.55. The van der Waals surface area contributed by atoms with Crippen molar-refractivity contribution in [2.75, 3.05) is 7.11 Å². The minimum Gasteiger partial charge on any atom is -0.459 e. The number of methoxy groups -OCH3 is 1. The van der Waals surface area contributed by atoms with Crippen molar-refractivity contribution in [3.63, 3.8) is 0 Å². The van der Waals surface area contributed by atoms with E-state index in [-0.39, 0.29) is 24.9 Å². The Balaban J connectivity index is 1.81. The minimum absolute atomic E-state index is 0.0694. The lowest BCUT2D eigenvalue weighted by Crippen LogP contribution is -2.60. The van der Waals surface area contributed by atoms with Gasteiger partial charge in [-0.05, 0) is 66.7 Å². The fourth-order valence-corrected chi connectivity index (χ4v) is 8.75. The third-order valence-corrected chi connectivity index (χ3v) is 11.8. The van der Waals surface area contributed by atoms with Crippen molar-refractivity contribution >= 4 is 5.97 Å². The summed E-state index contributed by atoms with van der Waals surface area (Å²) in [5, 5.41) is 44.6. The first-order valence-corrected chi connectivity index (χ1v) is 17.8. The molecule has 4 rings (SSSR count). The number of aliphatic hydroxyl groups excluding tert-OH is 3. The lowest BCUT2D eigenvalue weighted by Gasteiger charge is -2.48. The highest BCUT2D eigenvalue weighted by atomic mass is 16.7. The van der Waals surface area contributed by atoms with Crippen molar-refractivity contribution in [1.29, 1.82) is 0 Å². The molecule has 7 unspecified atom stereocenters. The third-order valence-electron chi connectivity index (χ3n) is 11.8. The minimum atomic E-state index is -1.79. The zero-order valence-corrected chi connectivity index (χ0v) is 30.7. The van der Waals surface area contributed by atoms with Gasteiger partial charge in [-0.25, -0.2) is 0 Å².